The standard InChI is InChI=1S/C22H35N7/c1-4-23-22(25-15-21-26-17-27-29(21)3)24-14-18-10-8-9-11-19(18)16-28(2)20-12-6-5-7-13-20/h8-11,17,20H,4-7,12-16H2,1-3H3,(H2,23,24,25). The molecule has 1 aromatic heterocycles. The molecule has 29 heavy (non-hydrogen) atoms. The summed E-state index contributed by atoms with van der Waals surface area (Å²) in [5.41, 5.74) is 2.65. The number of hydrogen-bond acceptors (Lipinski definition) is 4. The van der Waals surface area contributed by atoms with Gasteiger partial charge in [0.25, 0.3) is 0 Å². The van der Waals surface area contributed by atoms with E-state index in [0.29, 0.717) is 19.1 Å². The largest absolute Gasteiger partial charge is 0.357 e. The molecule has 7 heteroatoms. The Balaban J connectivity index is 1.63. The topological polar surface area (TPSA) is 70.4 Å². The van der Waals surface area contributed by atoms with Crippen LogP contribution in [0.2, 0.25) is 0 Å². The van der Waals surface area contributed by atoms with Gasteiger partial charge >= 0.3 is 0 Å². The molecule has 3 rings (SSSR count). The van der Waals surface area contributed by atoms with Crippen LogP contribution in [0.5, 0.6) is 0 Å². The summed E-state index contributed by atoms with van der Waals surface area (Å²) in [7, 11) is 4.16. The molecule has 0 bridgehead atoms. The van der Waals surface area contributed by atoms with Gasteiger partial charge in [0.05, 0.1) is 13.1 Å². The minimum absolute atomic E-state index is 0.592. The van der Waals surface area contributed by atoms with Gasteiger partial charge in [-0.2, -0.15) is 5.10 Å². The summed E-state index contributed by atoms with van der Waals surface area (Å²) in [4.78, 5) is 11.6. The molecule has 0 aliphatic heterocycles. The van der Waals surface area contributed by atoms with Crippen LogP contribution in [-0.4, -0.2) is 45.3 Å². The zero-order chi connectivity index (χ0) is 20.5. The molecule has 1 saturated carbocycles. The summed E-state index contributed by atoms with van der Waals surface area (Å²) in [6.45, 7) is 5.12. The lowest BCUT2D eigenvalue weighted by Crippen LogP contribution is -2.37. The van der Waals surface area contributed by atoms with Crippen molar-refractivity contribution in [1.29, 1.82) is 0 Å². The SMILES string of the molecule is CCNC(=NCc1ccccc1CN(C)C1CCCCC1)NCc1ncnn1C. The van der Waals surface area contributed by atoms with Crippen molar-refractivity contribution in [2.45, 2.75) is 64.7 Å². The van der Waals surface area contributed by atoms with Gasteiger partial charge in [-0.1, -0.05) is 43.5 Å². The van der Waals surface area contributed by atoms with Gasteiger partial charge < -0.3 is 10.6 Å². The number of nitrogens with one attached hydrogen (secondary N) is 2. The second kappa shape index (κ2) is 11.0. The minimum atomic E-state index is 0.592. The number of aromatic nitrogens is 3. The van der Waals surface area contributed by atoms with Crippen LogP contribution in [0.15, 0.2) is 35.6 Å². The van der Waals surface area contributed by atoms with E-state index in [4.69, 9.17) is 4.99 Å². The summed E-state index contributed by atoms with van der Waals surface area (Å²) in [5.74, 6) is 1.68. The van der Waals surface area contributed by atoms with Gasteiger partial charge in [-0.05, 0) is 37.9 Å². The lowest BCUT2D eigenvalue weighted by Gasteiger charge is -2.31. The molecule has 0 unspecified atom stereocenters. The van der Waals surface area contributed by atoms with Gasteiger partial charge in [0.2, 0.25) is 0 Å². The van der Waals surface area contributed by atoms with Crippen molar-refractivity contribution in [3.8, 4) is 0 Å². The quantitative estimate of drug-likeness (QED) is 0.529. The Hall–Kier alpha value is -2.41. The minimum Gasteiger partial charge on any atom is -0.357 e. The van der Waals surface area contributed by atoms with Gasteiger partial charge in [0, 0.05) is 26.2 Å². The number of nitrogens with zero attached hydrogens (tertiary/aromatic N) is 5. The average Bonchev–Trinajstić information content (AvgIpc) is 3.16. The maximum absolute atomic E-state index is 4.81. The first-order chi connectivity index (χ1) is 14.2. The number of guanidine groups is 1. The van der Waals surface area contributed by atoms with Crippen LogP contribution in [-0.2, 0) is 26.7 Å². The third-order valence-corrected chi connectivity index (χ3v) is 5.71. The van der Waals surface area contributed by atoms with Crippen molar-refractivity contribution in [2.24, 2.45) is 12.0 Å². The summed E-state index contributed by atoms with van der Waals surface area (Å²) in [6.07, 6.45) is 8.35. The molecule has 0 atom stereocenters. The van der Waals surface area contributed by atoms with Crippen LogP contribution in [0.25, 0.3) is 0 Å². The highest BCUT2D eigenvalue weighted by atomic mass is 15.3. The van der Waals surface area contributed by atoms with E-state index in [2.05, 4.69) is 63.9 Å². The summed E-state index contributed by atoms with van der Waals surface area (Å²) >= 11 is 0. The summed E-state index contributed by atoms with van der Waals surface area (Å²) in [6, 6.07) is 9.39. The average molecular weight is 398 g/mol. The van der Waals surface area contributed by atoms with Crippen molar-refractivity contribution in [1.82, 2.24) is 30.3 Å². The first-order valence-electron chi connectivity index (χ1n) is 10.8. The normalized spacial score (nSPS) is 15.7. The smallest absolute Gasteiger partial charge is 0.191 e. The van der Waals surface area contributed by atoms with E-state index < -0.39 is 0 Å². The Kier molecular flexibility index (Phi) is 8.04. The van der Waals surface area contributed by atoms with E-state index in [1.165, 1.54) is 43.2 Å². The van der Waals surface area contributed by atoms with Crippen LogP contribution in [0, 0.1) is 0 Å². The maximum atomic E-state index is 4.81. The number of aliphatic imine (C=N–C) groups is 1. The van der Waals surface area contributed by atoms with Crippen molar-refractivity contribution in [2.75, 3.05) is 13.6 Å². The van der Waals surface area contributed by atoms with Crippen molar-refractivity contribution < 1.29 is 0 Å². The molecule has 0 saturated heterocycles. The van der Waals surface area contributed by atoms with E-state index in [1.54, 1.807) is 11.0 Å². The second-order valence-electron chi connectivity index (χ2n) is 7.82. The molecule has 0 radical (unpaired) electrons. The van der Waals surface area contributed by atoms with Crippen LogP contribution in [0.3, 0.4) is 0 Å². The number of rotatable bonds is 8. The van der Waals surface area contributed by atoms with Gasteiger partial charge in [-0.3, -0.25) is 9.58 Å². The Labute approximate surface area is 174 Å². The molecule has 1 aliphatic carbocycles. The molecule has 1 aliphatic rings. The van der Waals surface area contributed by atoms with E-state index in [1.807, 2.05) is 7.05 Å². The van der Waals surface area contributed by atoms with Crippen LogP contribution < -0.4 is 10.6 Å². The third kappa shape index (κ3) is 6.29. The second-order valence-corrected chi connectivity index (χ2v) is 7.82. The van der Waals surface area contributed by atoms with E-state index >= 15 is 0 Å². The zero-order valence-electron chi connectivity index (χ0n) is 18.1. The predicted octanol–water partition coefficient (Wildman–Crippen LogP) is 2.83. The fourth-order valence-corrected chi connectivity index (χ4v) is 3.93. The first-order valence-corrected chi connectivity index (χ1v) is 10.8. The van der Waals surface area contributed by atoms with Crippen molar-refractivity contribution in [3.63, 3.8) is 0 Å². The lowest BCUT2D eigenvalue weighted by molar-refractivity contribution is 0.184. The Bertz CT molecular complexity index is 777. The molecule has 1 fully saturated rings. The summed E-state index contributed by atoms with van der Waals surface area (Å²) < 4.78 is 1.77. The van der Waals surface area contributed by atoms with Crippen molar-refractivity contribution >= 4 is 5.96 Å². The molecule has 1 aromatic carbocycles. The molecular weight excluding hydrogens is 362 g/mol. The third-order valence-electron chi connectivity index (χ3n) is 5.71. The van der Waals surface area contributed by atoms with E-state index in [0.717, 1.165) is 24.9 Å². The molecule has 0 amide bonds. The molecule has 158 valence electrons. The predicted molar refractivity (Wildman–Crippen MR) is 117 cm³/mol. The zero-order valence-corrected chi connectivity index (χ0v) is 18.1. The molecule has 2 N–H and O–H groups in total. The first kappa shape index (κ1) is 21.3. The van der Waals surface area contributed by atoms with Crippen molar-refractivity contribution in [3.05, 3.63) is 47.5 Å². The van der Waals surface area contributed by atoms with Crippen LogP contribution in [0.4, 0.5) is 0 Å². The Morgan fingerprint density at radius 1 is 1.17 bits per heavy atom. The molecular formula is C22H35N7. The van der Waals surface area contributed by atoms with Gasteiger partial charge in [-0.25, -0.2) is 9.98 Å². The summed E-state index contributed by atoms with van der Waals surface area (Å²) in [5, 5.41) is 10.8. The molecule has 2 aromatic rings. The maximum Gasteiger partial charge on any atom is 0.191 e. The molecule has 0 spiro atoms. The van der Waals surface area contributed by atoms with Gasteiger partial charge in [0.1, 0.15) is 12.2 Å². The fourth-order valence-electron chi connectivity index (χ4n) is 3.93. The highest BCUT2D eigenvalue weighted by molar-refractivity contribution is 5.79. The Morgan fingerprint density at radius 2 is 1.93 bits per heavy atom. The van der Waals surface area contributed by atoms with E-state index in [9.17, 15) is 0 Å². The Morgan fingerprint density at radius 3 is 2.62 bits per heavy atom. The number of hydrogen-bond donors (Lipinski definition) is 2. The van der Waals surface area contributed by atoms with Crippen LogP contribution >= 0.6 is 0 Å². The lowest BCUT2D eigenvalue weighted by atomic mass is 9.94. The van der Waals surface area contributed by atoms with E-state index in [-0.39, 0.29) is 0 Å². The molecule has 7 nitrogen and oxygen atoms in total. The van der Waals surface area contributed by atoms with Crippen LogP contribution in [0.1, 0.15) is 56.0 Å². The van der Waals surface area contributed by atoms with Gasteiger partial charge in [0.15, 0.2) is 5.96 Å². The fraction of sp³-hybridized carbons (Fsp3) is 0.591. The monoisotopic (exact) mass is 397 g/mol. The highest BCUT2D eigenvalue weighted by Crippen LogP contribution is 2.23. The molecule has 1 heterocycles. The highest BCUT2D eigenvalue weighted by Gasteiger charge is 2.18. The van der Waals surface area contributed by atoms with Gasteiger partial charge in [-0.15, -0.1) is 0 Å². The number of aryl methyl sites for hydroxylation is 1. The number of benzene rings is 1.